The average Bonchev–Trinajstić information content (AvgIpc) is 3.22. The van der Waals surface area contributed by atoms with Gasteiger partial charge in [-0.3, -0.25) is 9.59 Å². The van der Waals surface area contributed by atoms with E-state index in [1.807, 2.05) is 36.4 Å². The number of carbonyl (C=O) groups is 2. The smallest absolute Gasteiger partial charge is 0.278 e. The van der Waals surface area contributed by atoms with Crippen molar-refractivity contribution >= 4 is 45.6 Å². The van der Waals surface area contributed by atoms with Gasteiger partial charge in [-0.1, -0.05) is 65.3 Å². The van der Waals surface area contributed by atoms with Gasteiger partial charge in [-0.25, -0.2) is 4.90 Å². The number of benzene rings is 3. The van der Waals surface area contributed by atoms with Crippen molar-refractivity contribution in [3.63, 3.8) is 0 Å². The molecule has 2 aliphatic heterocycles. The minimum absolute atomic E-state index is 0.351. The molecule has 2 aliphatic rings. The molecule has 2 atom stereocenters. The van der Waals surface area contributed by atoms with Gasteiger partial charge < -0.3 is 4.84 Å². The first-order valence-electron chi connectivity index (χ1n) is 8.50. The van der Waals surface area contributed by atoms with Gasteiger partial charge in [0.1, 0.15) is 11.6 Å². The van der Waals surface area contributed by atoms with Crippen LogP contribution in [0.5, 0.6) is 0 Å². The summed E-state index contributed by atoms with van der Waals surface area (Å²) >= 11 is 6.25. The van der Waals surface area contributed by atoms with Crippen molar-refractivity contribution in [3.05, 3.63) is 77.3 Å². The highest BCUT2D eigenvalue weighted by Gasteiger charge is 2.56. The molecule has 2 amide bonds. The largest absolute Gasteiger partial charge is 0.381 e. The van der Waals surface area contributed by atoms with E-state index in [1.54, 1.807) is 30.3 Å². The average molecular weight is 377 g/mol. The Morgan fingerprint density at radius 1 is 0.889 bits per heavy atom. The van der Waals surface area contributed by atoms with E-state index in [0.717, 1.165) is 10.8 Å². The van der Waals surface area contributed by atoms with Gasteiger partial charge >= 0.3 is 0 Å². The number of hydrogen-bond donors (Lipinski definition) is 0. The lowest BCUT2D eigenvalue weighted by Crippen LogP contribution is -2.33. The Morgan fingerprint density at radius 2 is 1.63 bits per heavy atom. The minimum atomic E-state index is -0.949. The molecular formula is C21H13ClN2O3. The summed E-state index contributed by atoms with van der Waals surface area (Å²) in [5.74, 6) is -1.55. The maximum absolute atomic E-state index is 13.1. The molecule has 0 spiro atoms. The van der Waals surface area contributed by atoms with Crippen LogP contribution < -0.4 is 4.90 Å². The molecule has 2 heterocycles. The van der Waals surface area contributed by atoms with E-state index in [2.05, 4.69) is 5.16 Å². The lowest BCUT2D eigenvalue weighted by molar-refractivity contribution is -0.126. The lowest BCUT2D eigenvalue weighted by Gasteiger charge is -2.16. The van der Waals surface area contributed by atoms with Crippen molar-refractivity contribution in [2.45, 2.75) is 6.10 Å². The van der Waals surface area contributed by atoms with Crippen molar-refractivity contribution in [1.82, 2.24) is 0 Å². The maximum atomic E-state index is 13.1. The Balaban J connectivity index is 1.55. The molecule has 0 radical (unpaired) electrons. The fourth-order valence-corrected chi connectivity index (χ4v) is 3.87. The first-order chi connectivity index (χ1) is 13.1. The maximum Gasteiger partial charge on any atom is 0.278 e. The number of halogens is 1. The van der Waals surface area contributed by atoms with E-state index in [4.69, 9.17) is 16.4 Å². The van der Waals surface area contributed by atoms with E-state index in [9.17, 15) is 9.59 Å². The monoisotopic (exact) mass is 376 g/mol. The van der Waals surface area contributed by atoms with Crippen LogP contribution in [0.25, 0.3) is 10.8 Å². The molecule has 3 aromatic carbocycles. The summed E-state index contributed by atoms with van der Waals surface area (Å²) in [6, 6.07) is 20.4. The second-order valence-electron chi connectivity index (χ2n) is 6.50. The SMILES string of the molecule is O=C1[C@H]2C(c3ccccc3Cl)=NO[C@H]2C(=O)N1c1ccc2ccccc2c1. The summed E-state index contributed by atoms with van der Waals surface area (Å²) in [4.78, 5) is 32.5. The molecule has 0 N–H and O–H groups in total. The number of nitrogens with zero attached hydrogens (tertiary/aromatic N) is 2. The van der Waals surface area contributed by atoms with Crippen LogP contribution in [0, 0.1) is 5.92 Å². The molecule has 6 heteroatoms. The fourth-order valence-electron chi connectivity index (χ4n) is 3.64. The van der Waals surface area contributed by atoms with Crippen molar-refractivity contribution in [1.29, 1.82) is 0 Å². The van der Waals surface area contributed by atoms with Crippen LogP contribution in [0.15, 0.2) is 71.9 Å². The highest BCUT2D eigenvalue weighted by molar-refractivity contribution is 6.38. The standard InChI is InChI=1S/C21H13ClN2O3/c22-16-8-4-3-7-15(16)18-17-19(27-23-18)21(26)24(20(17)25)14-10-9-12-5-1-2-6-13(12)11-14/h1-11,17,19H/t17-,19+/m0/s1. The van der Waals surface area contributed by atoms with Crippen molar-refractivity contribution < 1.29 is 14.4 Å². The van der Waals surface area contributed by atoms with Crippen LogP contribution in [0.3, 0.4) is 0 Å². The number of carbonyl (C=O) groups excluding carboxylic acids is 2. The number of fused-ring (bicyclic) bond motifs is 2. The van der Waals surface area contributed by atoms with Gasteiger partial charge in [-0.2, -0.15) is 0 Å². The van der Waals surface area contributed by atoms with Crippen LogP contribution in [0.2, 0.25) is 5.02 Å². The third-order valence-corrected chi connectivity index (χ3v) is 5.28. The Bertz CT molecular complexity index is 1140. The molecule has 132 valence electrons. The van der Waals surface area contributed by atoms with Crippen molar-refractivity contribution in [3.8, 4) is 0 Å². The summed E-state index contributed by atoms with van der Waals surface area (Å²) < 4.78 is 0. The molecule has 0 aromatic heterocycles. The van der Waals surface area contributed by atoms with Gasteiger partial charge in [0.25, 0.3) is 5.91 Å². The zero-order chi connectivity index (χ0) is 18.5. The van der Waals surface area contributed by atoms with Crippen LogP contribution in [-0.4, -0.2) is 23.6 Å². The number of anilines is 1. The van der Waals surface area contributed by atoms with E-state index in [0.29, 0.717) is 22.0 Å². The molecule has 1 fully saturated rings. The highest BCUT2D eigenvalue weighted by atomic mass is 35.5. The van der Waals surface area contributed by atoms with Gasteiger partial charge in [0.05, 0.1) is 5.69 Å². The van der Waals surface area contributed by atoms with E-state index >= 15 is 0 Å². The first kappa shape index (κ1) is 16.0. The lowest BCUT2D eigenvalue weighted by atomic mass is 9.94. The summed E-state index contributed by atoms with van der Waals surface area (Å²) in [7, 11) is 0. The number of amides is 2. The van der Waals surface area contributed by atoms with Gasteiger partial charge in [0, 0.05) is 10.6 Å². The van der Waals surface area contributed by atoms with Crippen LogP contribution >= 0.6 is 11.6 Å². The second kappa shape index (κ2) is 5.93. The van der Waals surface area contributed by atoms with E-state index in [-0.39, 0.29) is 5.91 Å². The fraction of sp³-hybridized carbons (Fsp3) is 0.0952. The molecular weight excluding hydrogens is 364 g/mol. The molecule has 0 bridgehead atoms. The quantitative estimate of drug-likeness (QED) is 0.639. The number of oxime groups is 1. The third kappa shape index (κ3) is 2.35. The molecule has 1 saturated heterocycles. The second-order valence-corrected chi connectivity index (χ2v) is 6.91. The number of hydrogen-bond acceptors (Lipinski definition) is 4. The van der Waals surface area contributed by atoms with Crippen LogP contribution in [-0.2, 0) is 14.4 Å². The third-order valence-electron chi connectivity index (χ3n) is 4.95. The van der Waals surface area contributed by atoms with Gasteiger partial charge in [-0.05, 0) is 29.0 Å². The summed E-state index contributed by atoms with van der Waals surface area (Å²) in [6.07, 6.45) is -0.949. The molecule has 0 aliphatic carbocycles. The zero-order valence-electron chi connectivity index (χ0n) is 14.0. The Hall–Kier alpha value is -3.18. The Morgan fingerprint density at radius 3 is 2.44 bits per heavy atom. The number of rotatable bonds is 2. The normalized spacial score (nSPS) is 21.4. The van der Waals surface area contributed by atoms with Crippen molar-refractivity contribution in [2.75, 3.05) is 4.90 Å². The van der Waals surface area contributed by atoms with Crippen LogP contribution in [0.4, 0.5) is 5.69 Å². The first-order valence-corrected chi connectivity index (χ1v) is 8.88. The molecule has 5 nitrogen and oxygen atoms in total. The molecule has 3 aromatic rings. The van der Waals surface area contributed by atoms with Gasteiger partial charge in [-0.15, -0.1) is 0 Å². The molecule has 27 heavy (non-hydrogen) atoms. The molecule has 0 unspecified atom stereocenters. The predicted octanol–water partition coefficient (Wildman–Crippen LogP) is 3.79. The van der Waals surface area contributed by atoms with E-state index in [1.165, 1.54) is 4.90 Å². The Kier molecular flexibility index (Phi) is 3.52. The molecule has 5 rings (SSSR count). The van der Waals surface area contributed by atoms with E-state index < -0.39 is 17.9 Å². The van der Waals surface area contributed by atoms with Gasteiger partial charge in [0.15, 0.2) is 0 Å². The molecule has 0 saturated carbocycles. The summed E-state index contributed by atoms with van der Waals surface area (Å²) in [5, 5.41) is 6.45. The Labute approximate surface area is 159 Å². The van der Waals surface area contributed by atoms with Crippen molar-refractivity contribution in [2.24, 2.45) is 11.1 Å². The topological polar surface area (TPSA) is 59.0 Å². The summed E-state index contributed by atoms with van der Waals surface area (Å²) in [6.45, 7) is 0. The minimum Gasteiger partial charge on any atom is -0.381 e. The van der Waals surface area contributed by atoms with Gasteiger partial charge in [0.2, 0.25) is 12.0 Å². The predicted molar refractivity (Wildman–Crippen MR) is 103 cm³/mol. The summed E-state index contributed by atoms with van der Waals surface area (Å²) in [5.41, 5.74) is 1.53. The highest BCUT2D eigenvalue weighted by Crippen LogP contribution is 2.37. The van der Waals surface area contributed by atoms with Crippen LogP contribution in [0.1, 0.15) is 5.56 Å². The number of imide groups is 1. The zero-order valence-corrected chi connectivity index (χ0v) is 14.8.